The number of hydrogen-bond donors (Lipinski definition) is 1. The van der Waals surface area contributed by atoms with Crippen LogP contribution in [0.4, 0.5) is 4.39 Å². The van der Waals surface area contributed by atoms with Crippen molar-refractivity contribution < 1.29 is 4.39 Å². The van der Waals surface area contributed by atoms with Crippen molar-refractivity contribution in [1.29, 1.82) is 0 Å². The molecule has 1 rings (SSSR count). The van der Waals surface area contributed by atoms with Gasteiger partial charge in [-0.05, 0) is 36.7 Å². The Balaban J connectivity index is 3.01. The SMILES string of the molecule is CCC(C)C(NC)c1cc(F)cc(Br)c1. The number of rotatable bonds is 4. The van der Waals surface area contributed by atoms with Crippen LogP contribution in [0.5, 0.6) is 0 Å². The van der Waals surface area contributed by atoms with E-state index >= 15 is 0 Å². The van der Waals surface area contributed by atoms with Crippen molar-refractivity contribution in [2.45, 2.75) is 26.3 Å². The second kappa shape index (κ2) is 5.61. The fraction of sp³-hybridized carbons (Fsp3) is 0.500. The Kier molecular flexibility index (Phi) is 4.74. The van der Waals surface area contributed by atoms with E-state index in [4.69, 9.17) is 0 Å². The molecule has 0 aliphatic heterocycles. The fourth-order valence-corrected chi connectivity index (χ4v) is 2.25. The van der Waals surface area contributed by atoms with Gasteiger partial charge in [-0.1, -0.05) is 36.2 Å². The largest absolute Gasteiger partial charge is 0.313 e. The van der Waals surface area contributed by atoms with Gasteiger partial charge in [0.15, 0.2) is 0 Å². The van der Waals surface area contributed by atoms with Gasteiger partial charge in [-0.25, -0.2) is 4.39 Å². The first-order valence-corrected chi connectivity index (χ1v) is 6.01. The molecule has 0 aliphatic rings. The van der Waals surface area contributed by atoms with Crippen LogP contribution in [0.25, 0.3) is 0 Å². The second-order valence-corrected chi connectivity index (χ2v) is 4.77. The zero-order chi connectivity index (χ0) is 11.4. The molecule has 0 saturated heterocycles. The summed E-state index contributed by atoms with van der Waals surface area (Å²) in [6.45, 7) is 4.31. The van der Waals surface area contributed by atoms with Crippen molar-refractivity contribution in [2.24, 2.45) is 5.92 Å². The molecule has 2 atom stereocenters. The van der Waals surface area contributed by atoms with Gasteiger partial charge in [0.25, 0.3) is 0 Å². The molecule has 1 N–H and O–H groups in total. The Morgan fingerprint density at radius 2 is 2.07 bits per heavy atom. The van der Waals surface area contributed by atoms with Crippen LogP contribution in [0.1, 0.15) is 31.9 Å². The molecule has 0 fully saturated rings. The number of halogens is 2. The average molecular weight is 274 g/mol. The van der Waals surface area contributed by atoms with Gasteiger partial charge < -0.3 is 5.32 Å². The summed E-state index contributed by atoms with van der Waals surface area (Å²) in [5, 5.41) is 3.24. The minimum atomic E-state index is -0.192. The summed E-state index contributed by atoms with van der Waals surface area (Å²) in [7, 11) is 1.91. The third-order valence-electron chi connectivity index (χ3n) is 2.77. The first-order valence-electron chi connectivity index (χ1n) is 5.21. The smallest absolute Gasteiger partial charge is 0.124 e. The Bertz CT molecular complexity index is 307. The monoisotopic (exact) mass is 273 g/mol. The lowest BCUT2D eigenvalue weighted by Gasteiger charge is -2.23. The van der Waals surface area contributed by atoms with Gasteiger partial charge in [-0.2, -0.15) is 0 Å². The molecule has 15 heavy (non-hydrogen) atoms. The zero-order valence-corrected chi connectivity index (χ0v) is 10.9. The molecule has 0 spiro atoms. The Hall–Kier alpha value is -0.410. The molecule has 0 saturated carbocycles. The van der Waals surface area contributed by atoms with Crippen LogP contribution < -0.4 is 5.32 Å². The van der Waals surface area contributed by atoms with Crippen molar-refractivity contribution in [3.63, 3.8) is 0 Å². The maximum Gasteiger partial charge on any atom is 0.124 e. The number of nitrogens with one attached hydrogen (secondary N) is 1. The molecular formula is C12H17BrFN. The van der Waals surface area contributed by atoms with E-state index < -0.39 is 0 Å². The van der Waals surface area contributed by atoms with Crippen LogP contribution in [-0.4, -0.2) is 7.05 Å². The summed E-state index contributed by atoms with van der Waals surface area (Å²) in [6.07, 6.45) is 1.07. The highest BCUT2D eigenvalue weighted by Crippen LogP contribution is 2.27. The van der Waals surface area contributed by atoms with E-state index in [9.17, 15) is 4.39 Å². The van der Waals surface area contributed by atoms with Crippen molar-refractivity contribution in [3.05, 3.63) is 34.1 Å². The van der Waals surface area contributed by atoms with E-state index in [-0.39, 0.29) is 11.9 Å². The van der Waals surface area contributed by atoms with Gasteiger partial charge in [0.2, 0.25) is 0 Å². The Labute approximate surface area is 99.2 Å². The maximum absolute atomic E-state index is 13.2. The van der Waals surface area contributed by atoms with E-state index in [0.717, 1.165) is 16.5 Å². The quantitative estimate of drug-likeness (QED) is 0.878. The molecule has 1 aromatic carbocycles. The molecule has 1 aromatic rings. The summed E-state index contributed by atoms with van der Waals surface area (Å²) in [6, 6.07) is 5.25. The molecule has 0 bridgehead atoms. The van der Waals surface area contributed by atoms with E-state index in [0.29, 0.717) is 5.92 Å². The van der Waals surface area contributed by atoms with Crippen molar-refractivity contribution in [1.82, 2.24) is 5.32 Å². The molecule has 3 heteroatoms. The maximum atomic E-state index is 13.2. The van der Waals surface area contributed by atoms with Gasteiger partial charge in [0, 0.05) is 10.5 Å². The van der Waals surface area contributed by atoms with Gasteiger partial charge in [0.05, 0.1) is 0 Å². The fourth-order valence-electron chi connectivity index (χ4n) is 1.77. The number of benzene rings is 1. The minimum Gasteiger partial charge on any atom is -0.313 e. The zero-order valence-electron chi connectivity index (χ0n) is 9.35. The lowest BCUT2D eigenvalue weighted by molar-refractivity contribution is 0.399. The second-order valence-electron chi connectivity index (χ2n) is 3.85. The van der Waals surface area contributed by atoms with E-state index in [1.54, 1.807) is 6.07 Å². The molecule has 0 aromatic heterocycles. The third kappa shape index (κ3) is 3.28. The summed E-state index contributed by atoms with van der Waals surface area (Å²) in [5.74, 6) is 0.298. The predicted molar refractivity (Wildman–Crippen MR) is 65.4 cm³/mol. The van der Waals surface area contributed by atoms with Gasteiger partial charge in [-0.3, -0.25) is 0 Å². The highest BCUT2D eigenvalue weighted by molar-refractivity contribution is 9.10. The molecule has 84 valence electrons. The van der Waals surface area contributed by atoms with Gasteiger partial charge >= 0.3 is 0 Å². The van der Waals surface area contributed by atoms with Crippen molar-refractivity contribution in [3.8, 4) is 0 Å². The van der Waals surface area contributed by atoms with E-state index in [1.807, 2.05) is 13.1 Å². The van der Waals surface area contributed by atoms with Crippen LogP contribution in [0, 0.1) is 11.7 Å². The van der Waals surface area contributed by atoms with Crippen LogP contribution >= 0.6 is 15.9 Å². The standard InChI is InChI=1S/C12H17BrFN/c1-4-8(2)12(15-3)9-5-10(13)7-11(14)6-9/h5-8,12,15H,4H2,1-3H3. The first kappa shape index (κ1) is 12.7. The topological polar surface area (TPSA) is 12.0 Å². The van der Waals surface area contributed by atoms with Crippen LogP contribution in [0.3, 0.4) is 0 Å². The molecule has 0 heterocycles. The molecule has 1 nitrogen and oxygen atoms in total. The highest BCUT2D eigenvalue weighted by atomic mass is 79.9. The summed E-state index contributed by atoms with van der Waals surface area (Å²) >= 11 is 3.31. The van der Waals surface area contributed by atoms with Gasteiger partial charge in [0.1, 0.15) is 5.82 Å². The summed E-state index contributed by atoms with van der Waals surface area (Å²) in [5.41, 5.74) is 0.999. The summed E-state index contributed by atoms with van der Waals surface area (Å²) < 4.78 is 14.0. The number of hydrogen-bond acceptors (Lipinski definition) is 1. The lowest BCUT2D eigenvalue weighted by atomic mass is 9.93. The molecule has 0 amide bonds. The molecule has 0 radical (unpaired) electrons. The highest BCUT2D eigenvalue weighted by Gasteiger charge is 2.16. The third-order valence-corrected chi connectivity index (χ3v) is 3.23. The predicted octanol–water partition coefficient (Wildman–Crippen LogP) is 3.89. The van der Waals surface area contributed by atoms with Crippen LogP contribution in [0.15, 0.2) is 22.7 Å². The molecule has 2 unspecified atom stereocenters. The summed E-state index contributed by atoms with van der Waals surface area (Å²) in [4.78, 5) is 0. The molecule has 0 aliphatic carbocycles. The first-order chi connectivity index (χ1) is 7.08. The minimum absolute atomic E-state index is 0.192. The molecular weight excluding hydrogens is 257 g/mol. The Morgan fingerprint density at radius 1 is 1.40 bits per heavy atom. The lowest BCUT2D eigenvalue weighted by Crippen LogP contribution is -2.23. The Morgan fingerprint density at radius 3 is 2.53 bits per heavy atom. The normalized spacial score (nSPS) is 15.0. The van der Waals surface area contributed by atoms with Gasteiger partial charge in [-0.15, -0.1) is 0 Å². The van der Waals surface area contributed by atoms with E-state index in [1.165, 1.54) is 6.07 Å². The van der Waals surface area contributed by atoms with E-state index in [2.05, 4.69) is 35.1 Å². The van der Waals surface area contributed by atoms with Crippen LogP contribution in [-0.2, 0) is 0 Å². The van der Waals surface area contributed by atoms with Crippen molar-refractivity contribution >= 4 is 15.9 Å². The average Bonchev–Trinajstić information content (AvgIpc) is 2.17. The van der Waals surface area contributed by atoms with Crippen LogP contribution in [0.2, 0.25) is 0 Å². The van der Waals surface area contributed by atoms with Crippen molar-refractivity contribution in [2.75, 3.05) is 7.05 Å².